The molecule has 0 amide bonds. The number of para-hydroxylation sites is 1. The van der Waals surface area contributed by atoms with Crippen molar-refractivity contribution in [1.29, 1.82) is 0 Å². The summed E-state index contributed by atoms with van der Waals surface area (Å²) in [6.07, 6.45) is 0.698. The largest absolute Gasteiger partial charge is 0.396 e. The minimum atomic E-state index is 0.163. The molecular weight excluding hydrogens is 256 g/mol. The van der Waals surface area contributed by atoms with Crippen molar-refractivity contribution < 1.29 is 9.63 Å². The minimum absolute atomic E-state index is 0.163. The molecule has 0 saturated carbocycles. The quantitative estimate of drug-likeness (QED) is 0.827. The Morgan fingerprint density at radius 2 is 1.95 bits per heavy atom. The van der Waals surface area contributed by atoms with Crippen LogP contribution in [-0.4, -0.2) is 42.5 Å². The highest BCUT2D eigenvalue weighted by Gasteiger charge is 2.13. The van der Waals surface area contributed by atoms with Crippen molar-refractivity contribution in [1.82, 2.24) is 10.1 Å². The molecule has 0 aliphatic rings. The lowest BCUT2D eigenvalue weighted by Crippen LogP contribution is -2.24. The van der Waals surface area contributed by atoms with Gasteiger partial charge in [0.05, 0.1) is 6.54 Å². The van der Waals surface area contributed by atoms with Gasteiger partial charge in [-0.15, -0.1) is 0 Å². The van der Waals surface area contributed by atoms with Gasteiger partial charge >= 0.3 is 0 Å². The van der Waals surface area contributed by atoms with E-state index in [1.54, 1.807) is 4.90 Å². The van der Waals surface area contributed by atoms with E-state index in [1.165, 1.54) is 0 Å². The number of nitrogens with zero attached hydrogens (tertiary/aromatic N) is 4. The predicted octanol–water partition coefficient (Wildman–Crippen LogP) is 1.52. The second-order valence-corrected chi connectivity index (χ2v) is 4.72. The van der Waals surface area contributed by atoms with E-state index >= 15 is 0 Å². The van der Waals surface area contributed by atoms with Crippen LogP contribution < -0.4 is 9.80 Å². The van der Waals surface area contributed by atoms with Crippen molar-refractivity contribution in [3.05, 3.63) is 36.2 Å². The third-order valence-electron chi connectivity index (χ3n) is 2.89. The highest BCUT2D eigenvalue weighted by molar-refractivity contribution is 5.45. The van der Waals surface area contributed by atoms with Gasteiger partial charge in [0.15, 0.2) is 0 Å². The van der Waals surface area contributed by atoms with Crippen molar-refractivity contribution in [2.75, 3.05) is 37.0 Å². The highest BCUT2D eigenvalue weighted by atomic mass is 16.5. The van der Waals surface area contributed by atoms with Gasteiger partial charge in [0.25, 0.3) is 5.95 Å². The van der Waals surface area contributed by atoms with E-state index in [0.717, 1.165) is 12.2 Å². The summed E-state index contributed by atoms with van der Waals surface area (Å²) < 4.78 is 5.25. The summed E-state index contributed by atoms with van der Waals surface area (Å²) in [6.45, 7) is 1.43. The Morgan fingerprint density at radius 3 is 2.55 bits per heavy atom. The summed E-state index contributed by atoms with van der Waals surface area (Å²) in [5.41, 5.74) is 1.07. The Kier molecular flexibility index (Phi) is 4.95. The Morgan fingerprint density at radius 1 is 1.20 bits per heavy atom. The van der Waals surface area contributed by atoms with Crippen LogP contribution in [0.15, 0.2) is 34.9 Å². The Balaban J connectivity index is 2.10. The van der Waals surface area contributed by atoms with Gasteiger partial charge in [0, 0.05) is 32.9 Å². The molecule has 0 radical (unpaired) electrons. The third kappa shape index (κ3) is 3.71. The molecule has 0 saturated heterocycles. The third-order valence-corrected chi connectivity index (χ3v) is 2.89. The Hall–Kier alpha value is -2.08. The smallest absolute Gasteiger partial charge is 0.265 e. The summed E-state index contributed by atoms with van der Waals surface area (Å²) in [5, 5.41) is 12.9. The molecule has 0 fully saturated rings. The van der Waals surface area contributed by atoms with Gasteiger partial charge < -0.3 is 19.4 Å². The molecule has 0 aliphatic carbocycles. The highest BCUT2D eigenvalue weighted by Crippen LogP contribution is 2.17. The number of benzene rings is 1. The maximum Gasteiger partial charge on any atom is 0.265 e. The summed E-state index contributed by atoms with van der Waals surface area (Å²) in [6, 6.07) is 10.0. The zero-order chi connectivity index (χ0) is 14.4. The lowest BCUT2D eigenvalue weighted by Gasteiger charge is -2.22. The van der Waals surface area contributed by atoms with Crippen molar-refractivity contribution in [3.63, 3.8) is 0 Å². The lowest BCUT2D eigenvalue weighted by molar-refractivity contribution is 0.288. The molecule has 6 nitrogen and oxygen atoms in total. The van der Waals surface area contributed by atoms with Gasteiger partial charge in [0.2, 0.25) is 5.89 Å². The van der Waals surface area contributed by atoms with Gasteiger partial charge in [-0.05, 0) is 23.7 Å². The molecule has 1 aromatic carbocycles. The number of aliphatic hydroxyl groups is 1. The SMILES string of the molecule is CN(C)c1noc(CN(CCCO)c2ccccc2)n1. The summed E-state index contributed by atoms with van der Waals surface area (Å²) in [5.74, 6) is 1.13. The molecule has 2 rings (SSSR count). The normalized spacial score (nSPS) is 10.6. The average molecular weight is 276 g/mol. The van der Waals surface area contributed by atoms with Crippen LogP contribution in [0.3, 0.4) is 0 Å². The molecule has 20 heavy (non-hydrogen) atoms. The fourth-order valence-corrected chi connectivity index (χ4v) is 1.85. The lowest BCUT2D eigenvalue weighted by atomic mass is 10.2. The minimum Gasteiger partial charge on any atom is -0.396 e. The maximum atomic E-state index is 9.02. The summed E-state index contributed by atoms with van der Waals surface area (Å²) in [4.78, 5) is 8.24. The van der Waals surface area contributed by atoms with Gasteiger partial charge in [0.1, 0.15) is 0 Å². The van der Waals surface area contributed by atoms with Crippen LogP contribution in [0, 0.1) is 0 Å². The first-order valence-electron chi connectivity index (χ1n) is 6.61. The van der Waals surface area contributed by atoms with E-state index in [9.17, 15) is 0 Å². The number of anilines is 2. The van der Waals surface area contributed by atoms with E-state index < -0.39 is 0 Å². The molecule has 0 atom stereocenters. The zero-order valence-electron chi connectivity index (χ0n) is 11.9. The number of aromatic nitrogens is 2. The average Bonchev–Trinajstić information content (AvgIpc) is 2.93. The van der Waals surface area contributed by atoms with Crippen LogP contribution in [0.4, 0.5) is 11.6 Å². The van der Waals surface area contributed by atoms with Crippen LogP contribution in [0.1, 0.15) is 12.3 Å². The van der Waals surface area contributed by atoms with Gasteiger partial charge in [-0.2, -0.15) is 4.98 Å². The monoisotopic (exact) mass is 276 g/mol. The second-order valence-electron chi connectivity index (χ2n) is 4.72. The van der Waals surface area contributed by atoms with E-state index in [2.05, 4.69) is 15.0 Å². The van der Waals surface area contributed by atoms with Crippen molar-refractivity contribution in [3.8, 4) is 0 Å². The number of aliphatic hydroxyl groups excluding tert-OH is 1. The molecular formula is C14H20N4O2. The molecule has 0 bridgehead atoms. The fraction of sp³-hybridized carbons (Fsp3) is 0.429. The number of hydrogen-bond donors (Lipinski definition) is 1. The summed E-state index contributed by atoms with van der Waals surface area (Å²) >= 11 is 0. The summed E-state index contributed by atoms with van der Waals surface area (Å²) in [7, 11) is 3.74. The first kappa shape index (κ1) is 14.3. The topological polar surface area (TPSA) is 65.6 Å². The van der Waals surface area contributed by atoms with Crippen molar-refractivity contribution in [2.45, 2.75) is 13.0 Å². The fourth-order valence-electron chi connectivity index (χ4n) is 1.85. The van der Waals surface area contributed by atoms with Gasteiger partial charge in [-0.3, -0.25) is 0 Å². The number of rotatable bonds is 7. The van der Waals surface area contributed by atoms with Gasteiger partial charge in [-0.1, -0.05) is 18.2 Å². The molecule has 6 heteroatoms. The second kappa shape index (κ2) is 6.91. The van der Waals surface area contributed by atoms with E-state index in [-0.39, 0.29) is 6.61 Å². The molecule has 1 heterocycles. The Labute approximate surface area is 118 Å². The standard InChI is InChI=1S/C14H20N4O2/c1-17(2)14-15-13(20-16-14)11-18(9-6-10-19)12-7-4-3-5-8-12/h3-5,7-8,19H,6,9-11H2,1-2H3. The number of hydrogen-bond acceptors (Lipinski definition) is 6. The van der Waals surface area contributed by atoms with Crippen molar-refractivity contribution in [2.24, 2.45) is 0 Å². The zero-order valence-corrected chi connectivity index (χ0v) is 11.9. The first-order chi connectivity index (χ1) is 9.70. The molecule has 1 N–H and O–H groups in total. The van der Waals surface area contributed by atoms with Crippen LogP contribution in [0.5, 0.6) is 0 Å². The maximum absolute atomic E-state index is 9.02. The Bertz CT molecular complexity index is 513. The van der Waals surface area contributed by atoms with Crippen LogP contribution >= 0.6 is 0 Å². The molecule has 0 spiro atoms. The van der Waals surface area contributed by atoms with E-state index in [0.29, 0.717) is 24.8 Å². The van der Waals surface area contributed by atoms with E-state index in [4.69, 9.17) is 9.63 Å². The van der Waals surface area contributed by atoms with E-state index in [1.807, 2.05) is 44.4 Å². The van der Waals surface area contributed by atoms with Crippen LogP contribution in [0.25, 0.3) is 0 Å². The molecule has 2 aromatic rings. The van der Waals surface area contributed by atoms with Crippen molar-refractivity contribution >= 4 is 11.6 Å². The first-order valence-corrected chi connectivity index (χ1v) is 6.61. The molecule has 0 unspecified atom stereocenters. The van der Waals surface area contributed by atoms with Gasteiger partial charge in [-0.25, -0.2) is 0 Å². The van der Waals surface area contributed by atoms with Crippen LogP contribution in [0.2, 0.25) is 0 Å². The molecule has 1 aromatic heterocycles. The molecule has 108 valence electrons. The predicted molar refractivity (Wildman–Crippen MR) is 77.8 cm³/mol. The molecule has 0 aliphatic heterocycles. The van der Waals surface area contributed by atoms with Crippen LogP contribution in [-0.2, 0) is 6.54 Å².